The fraction of sp³-hybridized carbons (Fsp3) is 0.167. The van der Waals surface area contributed by atoms with Crippen molar-refractivity contribution in [3.63, 3.8) is 0 Å². The van der Waals surface area contributed by atoms with Crippen LogP contribution in [-0.4, -0.2) is 28.1 Å². The van der Waals surface area contributed by atoms with Crippen molar-refractivity contribution in [2.75, 3.05) is 0 Å². The van der Waals surface area contributed by atoms with Crippen LogP contribution in [0, 0.1) is 0 Å². The summed E-state index contributed by atoms with van der Waals surface area (Å²) < 4.78 is 0. The summed E-state index contributed by atoms with van der Waals surface area (Å²) in [5.74, 6) is -0.216. The second-order valence-corrected chi connectivity index (χ2v) is 3.94. The quantitative estimate of drug-likeness (QED) is 0.455. The van der Waals surface area contributed by atoms with E-state index in [4.69, 9.17) is 0 Å². The van der Waals surface area contributed by atoms with Gasteiger partial charge in [0, 0.05) is 12.4 Å². The summed E-state index contributed by atoms with van der Waals surface area (Å²) in [5, 5.41) is 3.86. The van der Waals surface area contributed by atoms with E-state index in [1.807, 2.05) is 18.2 Å². The lowest BCUT2D eigenvalue weighted by molar-refractivity contribution is -0.398. The van der Waals surface area contributed by atoms with Gasteiger partial charge in [0.2, 0.25) is 0 Å². The highest BCUT2D eigenvalue weighted by Gasteiger charge is 2.08. The van der Waals surface area contributed by atoms with Crippen LogP contribution in [0.15, 0.2) is 35.7 Å². The Morgan fingerprint density at radius 2 is 2.05 bits per heavy atom. The Bertz CT molecular complexity index is 599. The van der Waals surface area contributed by atoms with Crippen molar-refractivity contribution >= 4 is 23.2 Å². The first-order valence-corrected chi connectivity index (χ1v) is 5.53. The zero-order valence-corrected chi connectivity index (χ0v) is 11.1. The van der Waals surface area contributed by atoms with E-state index in [1.54, 1.807) is 25.5 Å². The summed E-state index contributed by atoms with van der Waals surface area (Å²) in [4.78, 5) is 19.6. The molecule has 6 nitrogen and oxygen atoms in total. The largest absolute Gasteiger partial charge is 1.00 e. The molecule has 0 aliphatic rings. The maximum absolute atomic E-state index is 11.2. The van der Waals surface area contributed by atoms with Crippen LogP contribution in [0.5, 0.6) is 0 Å². The van der Waals surface area contributed by atoms with Crippen LogP contribution in [-0.2, 0) is 4.79 Å². The summed E-state index contributed by atoms with van der Waals surface area (Å²) in [6.45, 7) is 1.70. The normalized spacial score (nSPS) is 12.1. The summed E-state index contributed by atoms with van der Waals surface area (Å²) in [5.41, 5.74) is 8.47. The molecule has 0 aliphatic heterocycles. The molecule has 2 rings (SSSR count). The number of rotatable bonds is 3. The van der Waals surface area contributed by atoms with Crippen molar-refractivity contribution in [3.05, 3.63) is 36.2 Å². The maximum atomic E-state index is 11.2. The average Bonchev–Trinajstić information content (AvgIpc) is 2.38. The Labute approximate surface area is 116 Å². The number of hydrazone groups is 1. The number of hydrogen-bond donors (Lipinski definition) is 2. The molecule has 4 N–H and O–H groups in total. The Hall–Kier alpha value is -2.05. The van der Waals surface area contributed by atoms with Gasteiger partial charge in [-0.1, -0.05) is 6.07 Å². The van der Waals surface area contributed by atoms with Gasteiger partial charge < -0.3 is 18.1 Å². The second-order valence-electron chi connectivity index (χ2n) is 3.94. The number of benzene rings is 1. The number of hydrogen-bond acceptors (Lipinski definition) is 4. The lowest BCUT2D eigenvalue weighted by Crippen LogP contribution is -3.00. The van der Waals surface area contributed by atoms with Crippen molar-refractivity contribution in [1.29, 1.82) is 0 Å². The minimum Gasteiger partial charge on any atom is -1.00 e. The molecule has 100 valence electrons. The maximum Gasteiger partial charge on any atom is 0.297 e. The lowest BCUT2D eigenvalue weighted by atomic mass is 10.2. The van der Waals surface area contributed by atoms with Gasteiger partial charge in [0.1, 0.15) is 0 Å². The minimum atomic E-state index is -0.329. The second kappa shape index (κ2) is 6.77. The van der Waals surface area contributed by atoms with Crippen molar-refractivity contribution in [3.8, 4) is 0 Å². The van der Waals surface area contributed by atoms with Crippen LogP contribution in [0.25, 0.3) is 11.0 Å². The standard InChI is InChI=1S/C12H13N5O.ClH/c1-8(13)12(18)17-16-7-9-2-3-10-11(6-9)15-5-4-14-10;/h2-8H,13H2,1H3,(H,17,18);1H/b16-7+;/t8-;/m0./s1. The van der Waals surface area contributed by atoms with Gasteiger partial charge in [-0.05, 0) is 24.6 Å². The predicted molar refractivity (Wildman–Crippen MR) is 67.6 cm³/mol. The van der Waals surface area contributed by atoms with E-state index in [-0.39, 0.29) is 24.4 Å². The number of nitrogens with zero attached hydrogens (tertiary/aromatic N) is 3. The van der Waals surface area contributed by atoms with Crippen molar-refractivity contribution in [2.24, 2.45) is 5.10 Å². The first-order chi connectivity index (χ1) is 8.66. The molecule has 0 saturated heterocycles. The lowest BCUT2D eigenvalue weighted by Gasteiger charge is -1.99. The van der Waals surface area contributed by atoms with Crippen LogP contribution in [0.2, 0.25) is 0 Å². The summed E-state index contributed by atoms with van der Waals surface area (Å²) in [6.07, 6.45) is 4.84. The predicted octanol–water partition coefficient (Wildman–Crippen LogP) is -3.29. The van der Waals surface area contributed by atoms with E-state index in [0.717, 1.165) is 16.6 Å². The molecule has 1 aromatic heterocycles. The number of carbonyl (C=O) groups is 1. The molecule has 0 spiro atoms. The first kappa shape index (κ1) is 15.0. The molecule has 1 atom stereocenters. The monoisotopic (exact) mass is 279 g/mol. The van der Waals surface area contributed by atoms with Crippen molar-refractivity contribution < 1.29 is 22.9 Å². The van der Waals surface area contributed by atoms with Crippen LogP contribution in [0.1, 0.15) is 12.5 Å². The third-order valence-corrected chi connectivity index (χ3v) is 2.33. The summed E-state index contributed by atoms with van der Waals surface area (Å²) >= 11 is 0. The van der Waals surface area contributed by atoms with Crippen LogP contribution >= 0.6 is 0 Å². The average molecular weight is 280 g/mol. The van der Waals surface area contributed by atoms with E-state index in [1.165, 1.54) is 0 Å². The zero-order chi connectivity index (χ0) is 13.0. The third-order valence-electron chi connectivity index (χ3n) is 2.33. The smallest absolute Gasteiger partial charge is 0.297 e. The van der Waals surface area contributed by atoms with Gasteiger partial charge in [0.05, 0.1) is 17.2 Å². The molecular weight excluding hydrogens is 266 g/mol. The molecule has 0 bridgehead atoms. The van der Waals surface area contributed by atoms with Crippen LogP contribution < -0.4 is 23.6 Å². The molecule has 1 amide bonds. The van der Waals surface area contributed by atoms with E-state index in [2.05, 4.69) is 26.2 Å². The molecular formula is C12H14ClN5O. The van der Waals surface area contributed by atoms with E-state index in [9.17, 15) is 4.79 Å². The number of aromatic nitrogens is 2. The Balaban J connectivity index is 0.00000180. The molecule has 19 heavy (non-hydrogen) atoms. The SMILES string of the molecule is C[C@H]([NH3+])C(=O)N/N=C/c1ccc2nccnc2c1.[Cl-]. The first-order valence-electron chi connectivity index (χ1n) is 5.53. The van der Waals surface area contributed by atoms with E-state index >= 15 is 0 Å². The zero-order valence-electron chi connectivity index (χ0n) is 10.4. The number of quaternary nitrogens is 1. The molecule has 0 radical (unpaired) electrons. The third kappa shape index (κ3) is 3.97. The number of carbonyl (C=O) groups excluding carboxylic acids is 1. The molecule has 0 aliphatic carbocycles. The number of fused-ring (bicyclic) bond motifs is 1. The molecule has 2 aromatic rings. The number of halogens is 1. The van der Waals surface area contributed by atoms with E-state index < -0.39 is 0 Å². The Kier molecular flexibility index (Phi) is 5.35. The molecule has 0 fully saturated rings. The van der Waals surface area contributed by atoms with Crippen LogP contribution in [0.4, 0.5) is 0 Å². The molecule has 1 aromatic carbocycles. The highest BCUT2D eigenvalue weighted by atomic mass is 35.5. The summed E-state index contributed by atoms with van der Waals surface area (Å²) in [7, 11) is 0. The topological polar surface area (TPSA) is 94.9 Å². The van der Waals surface area contributed by atoms with Gasteiger partial charge in [-0.2, -0.15) is 5.10 Å². The van der Waals surface area contributed by atoms with Gasteiger partial charge in [0.15, 0.2) is 6.04 Å². The molecule has 1 heterocycles. The molecule has 0 unspecified atom stereocenters. The number of amides is 1. The Morgan fingerprint density at radius 1 is 1.37 bits per heavy atom. The van der Waals surface area contributed by atoms with E-state index in [0.29, 0.717) is 0 Å². The highest BCUT2D eigenvalue weighted by molar-refractivity contribution is 5.88. The molecule has 7 heteroatoms. The van der Waals surface area contributed by atoms with Gasteiger partial charge >= 0.3 is 0 Å². The van der Waals surface area contributed by atoms with Gasteiger partial charge in [-0.25, -0.2) is 5.43 Å². The Morgan fingerprint density at radius 3 is 2.74 bits per heavy atom. The van der Waals surface area contributed by atoms with Crippen LogP contribution in [0.3, 0.4) is 0 Å². The van der Waals surface area contributed by atoms with Gasteiger partial charge in [-0.3, -0.25) is 14.8 Å². The fourth-order valence-electron chi connectivity index (χ4n) is 1.34. The van der Waals surface area contributed by atoms with Crippen molar-refractivity contribution in [2.45, 2.75) is 13.0 Å². The van der Waals surface area contributed by atoms with Crippen molar-refractivity contribution in [1.82, 2.24) is 15.4 Å². The fourth-order valence-corrected chi connectivity index (χ4v) is 1.34. The number of nitrogens with one attached hydrogen (secondary N) is 1. The molecule has 0 saturated carbocycles. The van der Waals surface area contributed by atoms with Gasteiger partial charge in [0.25, 0.3) is 5.91 Å². The minimum absolute atomic E-state index is 0. The highest BCUT2D eigenvalue weighted by Crippen LogP contribution is 2.08. The summed E-state index contributed by atoms with van der Waals surface area (Å²) in [6, 6.07) is 5.24. The van der Waals surface area contributed by atoms with Gasteiger partial charge in [-0.15, -0.1) is 0 Å².